The van der Waals surface area contributed by atoms with Crippen molar-refractivity contribution in [2.75, 3.05) is 13.2 Å². The molecule has 0 saturated carbocycles. The van der Waals surface area contributed by atoms with Gasteiger partial charge in [-0.2, -0.15) is 0 Å². The Hall–Kier alpha value is -4.33. The van der Waals surface area contributed by atoms with Gasteiger partial charge in [0.25, 0.3) is 0 Å². The normalized spacial score (nSPS) is 12.5. The molecule has 1 atom stereocenters. The van der Waals surface area contributed by atoms with E-state index in [1.807, 2.05) is 0 Å². The van der Waals surface area contributed by atoms with Gasteiger partial charge < -0.3 is 9.84 Å². The van der Waals surface area contributed by atoms with Gasteiger partial charge in [-0.15, -0.1) is 0 Å². The van der Waals surface area contributed by atoms with Crippen molar-refractivity contribution in [3.63, 3.8) is 0 Å². The van der Waals surface area contributed by atoms with Crippen LogP contribution in [0.4, 0.5) is 0 Å². The van der Waals surface area contributed by atoms with Gasteiger partial charge in [0.05, 0.1) is 12.7 Å². The number of rotatable bonds is 13. The molecule has 0 bridgehead atoms. The highest BCUT2D eigenvalue weighted by Gasteiger charge is 2.42. The SMILES string of the molecule is O[C@@H](COCC[Si](c1ccccc1)(c1ccccc1)c1ccccc1)C[Si](c1ccccc1)(c1ccccc1)c1ccccc1. The third-order valence-corrected chi connectivity index (χ3v) is 19.0. The number of aliphatic hydroxyl groups excluding tert-OH is 1. The molecule has 0 unspecified atom stereocenters. The maximum Gasteiger partial charge on any atom is 0.150 e. The van der Waals surface area contributed by atoms with Crippen molar-refractivity contribution in [3.05, 3.63) is 182 Å². The molecule has 0 heterocycles. The second-order valence-corrected chi connectivity index (χ2v) is 19.7. The lowest BCUT2D eigenvalue weighted by atomic mass is 10.3. The van der Waals surface area contributed by atoms with Crippen molar-refractivity contribution in [1.29, 1.82) is 0 Å². The molecule has 6 aromatic rings. The highest BCUT2D eigenvalue weighted by Crippen LogP contribution is 2.18. The molecule has 224 valence electrons. The lowest BCUT2D eigenvalue weighted by molar-refractivity contribution is 0.0521. The van der Waals surface area contributed by atoms with Gasteiger partial charge in [0.15, 0.2) is 16.1 Å². The predicted octanol–water partition coefficient (Wildman–Crippen LogP) is 4.70. The Morgan fingerprint density at radius 1 is 0.400 bits per heavy atom. The Labute approximate surface area is 269 Å². The smallest absolute Gasteiger partial charge is 0.150 e. The monoisotopic (exact) mass is 620 g/mol. The van der Waals surface area contributed by atoms with Crippen LogP contribution in [0.5, 0.6) is 0 Å². The minimum atomic E-state index is -2.56. The summed E-state index contributed by atoms with van der Waals surface area (Å²) < 4.78 is 6.48. The molecular formula is C41H40O2Si2. The zero-order valence-corrected chi connectivity index (χ0v) is 27.6. The van der Waals surface area contributed by atoms with E-state index < -0.39 is 22.3 Å². The summed E-state index contributed by atoms with van der Waals surface area (Å²) >= 11 is 0. The van der Waals surface area contributed by atoms with Crippen LogP contribution >= 0.6 is 0 Å². The lowest BCUT2D eigenvalue weighted by Gasteiger charge is -2.36. The van der Waals surface area contributed by atoms with Gasteiger partial charge in [-0.1, -0.05) is 182 Å². The first-order valence-corrected chi connectivity index (χ1v) is 20.2. The summed E-state index contributed by atoms with van der Waals surface area (Å²) in [5, 5.41) is 19.8. The van der Waals surface area contributed by atoms with Crippen molar-refractivity contribution < 1.29 is 9.84 Å². The molecule has 0 aromatic heterocycles. The third kappa shape index (κ3) is 6.56. The molecule has 0 aliphatic carbocycles. The van der Waals surface area contributed by atoms with Crippen molar-refractivity contribution in [3.8, 4) is 0 Å². The molecule has 4 heteroatoms. The fourth-order valence-electron chi connectivity index (χ4n) is 6.98. The number of hydrogen-bond donors (Lipinski definition) is 1. The molecule has 6 aromatic carbocycles. The summed E-state index contributed by atoms with van der Waals surface area (Å²) in [6.07, 6.45) is -0.612. The Balaban J connectivity index is 1.29. The Bertz CT molecular complexity index is 1520. The fraction of sp³-hybridized carbons (Fsp3) is 0.122. The standard InChI is InChI=1S/C41H40O2Si2/c42-35(34-45(39-25-13-4-14-26-39,40-27-15-5-16-28-40)41-29-17-6-18-30-41)33-43-31-32-44(36-19-7-1-8-20-36,37-21-9-2-10-22-37)38-23-11-3-12-24-38/h1-30,35,42H,31-34H2/t35-/m0/s1. The van der Waals surface area contributed by atoms with Gasteiger partial charge in [0.2, 0.25) is 0 Å². The molecule has 0 aliphatic heterocycles. The maximum atomic E-state index is 11.8. The van der Waals surface area contributed by atoms with Gasteiger partial charge in [-0.25, -0.2) is 0 Å². The molecule has 45 heavy (non-hydrogen) atoms. The summed E-state index contributed by atoms with van der Waals surface area (Å²) in [5.41, 5.74) is 0. The first kappa shape index (κ1) is 30.7. The van der Waals surface area contributed by atoms with Crippen LogP contribution in [-0.2, 0) is 4.74 Å². The van der Waals surface area contributed by atoms with Crippen LogP contribution < -0.4 is 31.1 Å². The van der Waals surface area contributed by atoms with Gasteiger partial charge in [-0.05, 0) is 43.2 Å². The summed E-state index contributed by atoms with van der Waals surface area (Å²) in [7, 11) is -4.96. The first-order chi connectivity index (χ1) is 22.2. The average Bonchev–Trinajstić information content (AvgIpc) is 3.13. The van der Waals surface area contributed by atoms with Crippen LogP contribution in [0, 0.1) is 0 Å². The first-order valence-electron chi connectivity index (χ1n) is 15.8. The van der Waals surface area contributed by atoms with Crippen molar-refractivity contribution >= 4 is 47.3 Å². The van der Waals surface area contributed by atoms with Crippen molar-refractivity contribution in [2.45, 2.75) is 18.2 Å². The summed E-state index contributed by atoms with van der Waals surface area (Å²) in [4.78, 5) is 0. The molecule has 0 saturated heterocycles. The van der Waals surface area contributed by atoms with Gasteiger partial charge >= 0.3 is 0 Å². The van der Waals surface area contributed by atoms with Crippen LogP contribution in [0.3, 0.4) is 0 Å². The summed E-state index contributed by atoms with van der Waals surface area (Å²) in [6.45, 7) is 0.864. The Kier molecular flexibility index (Phi) is 9.98. The number of ether oxygens (including phenoxy) is 1. The Morgan fingerprint density at radius 2 is 0.667 bits per heavy atom. The van der Waals surface area contributed by atoms with Crippen molar-refractivity contribution in [1.82, 2.24) is 0 Å². The highest BCUT2D eigenvalue weighted by atomic mass is 28.3. The largest absolute Gasteiger partial charge is 0.391 e. The molecule has 0 amide bonds. The molecule has 0 spiro atoms. The average molecular weight is 621 g/mol. The molecular weight excluding hydrogens is 581 g/mol. The van der Waals surface area contributed by atoms with Crippen LogP contribution in [0.2, 0.25) is 12.1 Å². The minimum Gasteiger partial charge on any atom is -0.391 e. The molecule has 2 nitrogen and oxygen atoms in total. The number of aliphatic hydroxyl groups is 1. The van der Waals surface area contributed by atoms with E-state index in [0.29, 0.717) is 19.3 Å². The van der Waals surface area contributed by atoms with Crippen LogP contribution in [-0.4, -0.2) is 40.6 Å². The van der Waals surface area contributed by atoms with E-state index in [-0.39, 0.29) is 0 Å². The quantitative estimate of drug-likeness (QED) is 0.115. The minimum absolute atomic E-state index is 0.296. The summed E-state index contributed by atoms with van der Waals surface area (Å²) in [5.74, 6) is 0. The van der Waals surface area contributed by atoms with Gasteiger partial charge in [-0.3, -0.25) is 0 Å². The highest BCUT2D eigenvalue weighted by molar-refractivity contribution is 7.12. The van der Waals surface area contributed by atoms with Crippen LogP contribution in [0.1, 0.15) is 0 Å². The van der Waals surface area contributed by atoms with Gasteiger partial charge in [0.1, 0.15) is 0 Å². The molecule has 1 N–H and O–H groups in total. The zero-order chi connectivity index (χ0) is 30.8. The van der Waals surface area contributed by atoms with E-state index in [1.165, 1.54) is 31.1 Å². The molecule has 6 rings (SSSR count). The number of benzene rings is 6. The van der Waals surface area contributed by atoms with E-state index in [4.69, 9.17) is 4.74 Å². The second kappa shape index (κ2) is 14.6. The predicted molar refractivity (Wildman–Crippen MR) is 194 cm³/mol. The van der Waals surface area contributed by atoms with Gasteiger partial charge in [0, 0.05) is 6.61 Å². The van der Waals surface area contributed by atoms with E-state index in [9.17, 15) is 5.11 Å². The maximum absolute atomic E-state index is 11.8. The molecule has 0 radical (unpaired) electrons. The topological polar surface area (TPSA) is 29.5 Å². The van der Waals surface area contributed by atoms with E-state index in [0.717, 1.165) is 6.04 Å². The summed E-state index contributed by atoms with van der Waals surface area (Å²) in [6, 6.07) is 66.7. The van der Waals surface area contributed by atoms with Crippen molar-refractivity contribution in [2.24, 2.45) is 0 Å². The lowest BCUT2D eigenvalue weighted by Crippen LogP contribution is -2.68. The van der Waals surface area contributed by atoms with Crippen LogP contribution in [0.15, 0.2) is 182 Å². The van der Waals surface area contributed by atoms with Crippen LogP contribution in [0.25, 0.3) is 0 Å². The zero-order valence-electron chi connectivity index (χ0n) is 25.6. The number of hydrogen-bond acceptors (Lipinski definition) is 2. The molecule has 0 fully saturated rings. The molecule has 0 aliphatic rings. The fourth-order valence-corrected chi connectivity index (χ4v) is 16.4. The van der Waals surface area contributed by atoms with E-state index in [2.05, 4.69) is 182 Å². The Morgan fingerprint density at radius 3 is 0.956 bits per heavy atom. The van der Waals surface area contributed by atoms with E-state index in [1.54, 1.807) is 0 Å². The third-order valence-electron chi connectivity index (χ3n) is 9.07. The second-order valence-electron chi connectivity index (χ2n) is 11.7. The van der Waals surface area contributed by atoms with E-state index >= 15 is 0 Å².